The average Bonchev–Trinajstić information content (AvgIpc) is 3.48. The van der Waals surface area contributed by atoms with Gasteiger partial charge in [0.15, 0.2) is 0 Å². The van der Waals surface area contributed by atoms with Crippen molar-refractivity contribution in [2.45, 2.75) is 31.1 Å². The quantitative estimate of drug-likeness (QED) is 0.838. The second-order valence-electron chi connectivity index (χ2n) is 6.89. The van der Waals surface area contributed by atoms with Gasteiger partial charge in [0.05, 0.1) is 5.41 Å². The van der Waals surface area contributed by atoms with E-state index in [9.17, 15) is 9.59 Å². The van der Waals surface area contributed by atoms with Crippen LogP contribution >= 0.6 is 11.6 Å². The Bertz CT molecular complexity index is 824. The van der Waals surface area contributed by atoms with E-state index in [4.69, 9.17) is 11.6 Å². The number of amides is 2. The van der Waals surface area contributed by atoms with Gasteiger partial charge in [0.1, 0.15) is 0 Å². The summed E-state index contributed by atoms with van der Waals surface area (Å²) in [7, 11) is 0. The summed E-state index contributed by atoms with van der Waals surface area (Å²) in [5.74, 6) is 0.196. The number of carbonyl (C=O) groups excluding carboxylic acids is 2. The molecule has 2 N–H and O–H groups in total. The minimum atomic E-state index is -0.460. The summed E-state index contributed by atoms with van der Waals surface area (Å²) >= 11 is 5.94. The molecule has 2 aliphatic carbocycles. The van der Waals surface area contributed by atoms with Crippen LogP contribution in [-0.2, 0) is 15.0 Å². The van der Waals surface area contributed by atoms with Crippen molar-refractivity contribution in [3.63, 3.8) is 0 Å². The molecule has 0 saturated heterocycles. The molecular weight excluding hydrogens is 336 g/mol. The monoisotopic (exact) mass is 354 g/mol. The van der Waals surface area contributed by atoms with Crippen molar-refractivity contribution in [3.05, 3.63) is 59.1 Å². The molecule has 2 amide bonds. The Balaban J connectivity index is 1.47. The van der Waals surface area contributed by atoms with Crippen LogP contribution in [0.4, 0.5) is 11.4 Å². The molecule has 4 nitrogen and oxygen atoms in total. The highest BCUT2D eigenvalue weighted by atomic mass is 35.5. The molecule has 0 spiro atoms. The Kier molecular flexibility index (Phi) is 4.00. The summed E-state index contributed by atoms with van der Waals surface area (Å²) in [6.45, 7) is 0. The maximum atomic E-state index is 12.8. The molecule has 0 atom stereocenters. The van der Waals surface area contributed by atoms with E-state index in [0.717, 1.165) is 31.2 Å². The zero-order valence-electron chi connectivity index (χ0n) is 13.7. The first-order valence-electron chi connectivity index (χ1n) is 8.55. The molecular formula is C20H19ClN2O2. The summed E-state index contributed by atoms with van der Waals surface area (Å²) in [5.41, 5.74) is 1.94. The minimum absolute atomic E-state index is 0.0134. The molecule has 4 rings (SSSR count). The second-order valence-corrected chi connectivity index (χ2v) is 7.32. The van der Waals surface area contributed by atoms with Crippen LogP contribution < -0.4 is 10.6 Å². The summed E-state index contributed by atoms with van der Waals surface area (Å²) < 4.78 is 0. The number of hydrogen-bond donors (Lipinski definition) is 2. The lowest BCUT2D eigenvalue weighted by atomic mass is 9.95. The van der Waals surface area contributed by atoms with Crippen LogP contribution in [-0.4, -0.2) is 11.8 Å². The highest BCUT2D eigenvalue weighted by Crippen LogP contribution is 2.49. The van der Waals surface area contributed by atoms with Gasteiger partial charge in [0, 0.05) is 22.3 Å². The zero-order chi connectivity index (χ0) is 17.4. The van der Waals surface area contributed by atoms with Crippen molar-refractivity contribution in [2.24, 2.45) is 5.92 Å². The van der Waals surface area contributed by atoms with E-state index < -0.39 is 5.41 Å². The largest absolute Gasteiger partial charge is 0.326 e. The van der Waals surface area contributed by atoms with Crippen LogP contribution in [0.3, 0.4) is 0 Å². The standard InChI is InChI=1S/C20H19ClN2O2/c21-15-8-6-14(7-9-15)20(10-11-20)19(25)23-17-3-1-2-16(12-17)22-18(24)13-4-5-13/h1-3,6-9,12-13H,4-5,10-11H2,(H,22,24)(H,23,25). The van der Waals surface area contributed by atoms with Crippen LogP contribution in [0.2, 0.25) is 5.02 Å². The Hall–Kier alpha value is -2.33. The molecule has 0 unspecified atom stereocenters. The van der Waals surface area contributed by atoms with Gasteiger partial charge in [0.2, 0.25) is 11.8 Å². The molecule has 0 bridgehead atoms. The summed E-state index contributed by atoms with van der Waals surface area (Å²) in [6.07, 6.45) is 3.59. The topological polar surface area (TPSA) is 58.2 Å². The first-order valence-corrected chi connectivity index (χ1v) is 8.93. The molecule has 25 heavy (non-hydrogen) atoms. The molecule has 2 aromatic rings. The van der Waals surface area contributed by atoms with Gasteiger partial charge in [-0.25, -0.2) is 0 Å². The number of halogens is 1. The third kappa shape index (κ3) is 3.40. The maximum Gasteiger partial charge on any atom is 0.235 e. The van der Waals surface area contributed by atoms with E-state index >= 15 is 0 Å². The van der Waals surface area contributed by atoms with Crippen LogP contribution in [0, 0.1) is 5.92 Å². The number of anilines is 2. The lowest BCUT2D eigenvalue weighted by Crippen LogP contribution is -2.27. The van der Waals surface area contributed by atoms with E-state index in [1.54, 1.807) is 6.07 Å². The highest BCUT2D eigenvalue weighted by Gasteiger charge is 2.51. The molecule has 2 aliphatic rings. The Labute approximate surface area is 151 Å². The average molecular weight is 355 g/mol. The number of nitrogens with one attached hydrogen (secondary N) is 2. The van der Waals surface area contributed by atoms with E-state index in [1.165, 1.54) is 0 Å². The Morgan fingerprint density at radius 2 is 1.60 bits per heavy atom. The SMILES string of the molecule is O=C(Nc1cccc(NC(=O)C2(c3ccc(Cl)cc3)CC2)c1)C1CC1. The van der Waals surface area contributed by atoms with Crippen LogP contribution in [0.15, 0.2) is 48.5 Å². The van der Waals surface area contributed by atoms with Crippen molar-refractivity contribution < 1.29 is 9.59 Å². The fraction of sp³-hybridized carbons (Fsp3) is 0.300. The lowest BCUT2D eigenvalue weighted by Gasteiger charge is -2.16. The van der Waals surface area contributed by atoms with Crippen molar-refractivity contribution in [1.82, 2.24) is 0 Å². The fourth-order valence-electron chi connectivity index (χ4n) is 3.06. The van der Waals surface area contributed by atoms with E-state index in [1.807, 2.05) is 42.5 Å². The van der Waals surface area contributed by atoms with Crippen LogP contribution in [0.25, 0.3) is 0 Å². The van der Waals surface area contributed by atoms with Crippen molar-refractivity contribution >= 4 is 34.8 Å². The van der Waals surface area contributed by atoms with Gasteiger partial charge in [-0.1, -0.05) is 29.8 Å². The van der Waals surface area contributed by atoms with Crippen molar-refractivity contribution in [1.29, 1.82) is 0 Å². The Morgan fingerprint density at radius 1 is 0.960 bits per heavy atom. The van der Waals surface area contributed by atoms with Gasteiger partial charge in [0.25, 0.3) is 0 Å². The van der Waals surface area contributed by atoms with Crippen LogP contribution in [0.1, 0.15) is 31.2 Å². The summed E-state index contributed by atoms with van der Waals surface area (Å²) in [4.78, 5) is 24.7. The first kappa shape index (κ1) is 16.2. The second kappa shape index (κ2) is 6.19. The maximum absolute atomic E-state index is 12.8. The fourth-order valence-corrected chi connectivity index (χ4v) is 3.18. The molecule has 0 heterocycles. The summed E-state index contributed by atoms with van der Waals surface area (Å²) in [6, 6.07) is 14.8. The Morgan fingerprint density at radius 3 is 2.20 bits per heavy atom. The molecule has 0 aromatic heterocycles. The molecule has 0 radical (unpaired) electrons. The summed E-state index contributed by atoms with van der Waals surface area (Å²) in [5, 5.41) is 6.56. The predicted molar refractivity (Wildman–Crippen MR) is 98.8 cm³/mol. The third-order valence-electron chi connectivity index (χ3n) is 4.92. The van der Waals surface area contributed by atoms with Gasteiger partial charge in [-0.15, -0.1) is 0 Å². The van der Waals surface area contributed by atoms with Gasteiger partial charge in [-0.05, 0) is 61.6 Å². The van der Waals surface area contributed by atoms with E-state index in [2.05, 4.69) is 10.6 Å². The molecule has 0 aliphatic heterocycles. The van der Waals surface area contributed by atoms with Crippen molar-refractivity contribution in [2.75, 3.05) is 10.6 Å². The minimum Gasteiger partial charge on any atom is -0.326 e. The predicted octanol–water partition coefficient (Wildman–Crippen LogP) is 4.36. The van der Waals surface area contributed by atoms with Crippen molar-refractivity contribution in [3.8, 4) is 0 Å². The van der Waals surface area contributed by atoms with Gasteiger partial charge < -0.3 is 10.6 Å². The normalized spacial score (nSPS) is 17.6. The third-order valence-corrected chi connectivity index (χ3v) is 5.17. The number of rotatable bonds is 5. The number of carbonyl (C=O) groups is 2. The molecule has 2 fully saturated rings. The van der Waals surface area contributed by atoms with Gasteiger partial charge in [-0.3, -0.25) is 9.59 Å². The van der Waals surface area contributed by atoms with Gasteiger partial charge in [-0.2, -0.15) is 0 Å². The zero-order valence-corrected chi connectivity index (χ0v) is 14.5. The van der Waals surface area contributed by atoms with Gasteiger partial charge >= 0.3 is 0 Å². The molecule has 2 saturated carbocycles. The number of benzene rings is 2. The van der Waals surface area contributed by atoms with Crippen LogP contribution in [0.5, 0.6) is 0 Å². The lowest BCUT2D eigenvalue weighted by molar-refractivity contribution is -0.118. The van der Waals surface area contributed by atoms with E-state index in [-0.39, 0.29) is 17.7 Å². The smallest absolute Gasteiger partial charge is 0.235 e. The number of hydrogen-bond acceptors (Lipinski definition) is 2. The molecule has 2 aromatic carbocycles. The highest BCUT2D eigenvalue weighted by molar-refractivity contribution is 6.30. The molecule has 128 valence electrons. The first-order chi connectivity index (χ1) is 12.1. The van der Waals surface area contributed by atoms with E-state index in [0.29, 0.717) is 16.4 Å². The molecule has 5 heteroatoms.